The highest BCUT2D eigenvalue weighted by molar-refractivity contribution is 8.14. The summed E-state index contributed by atoms with van der Waals surface area (Å²) in [6, 6.07) is 0. The van der Waals surface area contributed by atoms with Crippen molar-refractivity contribution in [3.8, 4) is 0 Å². The fraction of sp³-hybridized carbons (Fsp3) is 0.909. The Bertz CT molecular complexity index is 1110. The lowest BCUT2D eigenvalue weighted by molar-refractivity contribution is -0.107. The molecule has 0 saturated heterocycles. The van der Waals surface area contributed by atoms with E-state index in [0.717, 1.165) is 77.0 Å². The first-order chi connectivity index (χ1) is 37.1. The van der Waals surface area contributed by atoms with E-state index in [-0.39, 0.29) is 10.2 Å². The van der Waals surface area contributed by atoms with Crippen molar-refractivity contribution in [1.82, 2.24) is 9.80 Å². The van der Waals surface area contributed by atoms with Crippen molar-refractivity contribution < 1.29 is 30.0 Å². The molecule has 76 heavy (non-hydrogen) atoms. The van der Waals surface area contributed by atoms with E-state index in [1.807, 2.05) is 0 Å². The van der Waals surface area contributed by atoms with Crippen LogP contribution in [0, 0.1) is 0 Å². The molecule has 0 rings (SSSR count). The van der Waals surface area contributed by atoms with Gasteiger partial charge in [-0.15, -0.1) is 0 Å². The van der Waals surface area contributed by atoms with Crippen LogP contribution in [0.15, 0.2) is 24.3 Å². The zero-order valence-electron chi connectivity index (χ0n) is 50.7. The summed E-state index contributed by atoms with van der Waals surface area (Å²) < 4.78 is 0. The molecule has 0 spiro atoms. The van der Waals surface area contributed by atoms with Crippen LogP contribution in [0.1, 0.15) is 310 Å². The lowest BCUT2D eigenvalue weighted by Crippen LogP contribution is -2.39. The summed E-state index contributed by atoms with van der Waals surface area (Å²) in [7, 11) is 0. The normalized spacial score (nSPS) is 13.8. The molecule has 0 bridgehead atoms. The van der Waals surface area contributed by atoms with Gasteiger partial charge < -0.3 is 20.4 Å². The zero-order chi connectivity index (χ0) is 55.6. The lowest BCUT2D eigenvalue weighted by atomic mass is 10.0. The van der Waals surface area contributed by atoms with Crippen LogP contribution >= 0.6 is 23.5 Å². The number of carbonyl (C=O) groups excluding carboxylic acids is 2. The number of aliphatic hydroxyl groups excluding tert-OH is 4. The van der Waals surface area contributed by atoms with Gasteiger partial charge in [0.15, 0.2) is 0 Å². The summed E-state index contributed by atoms with van der Waals surface area (Å²) in [5.74, 6) is 1.13. The molecular weight excluding hydrogens is 981 g/mol. The van der Waals surface area contributed by atoms with E-state index in [1.165, 1.54) is 241 Å². The SMILES string of the molecule is CCCCCCCCCCCCC(O)CN(CCSC(=O)/C=C/C=C/C(=O)SCCN(CC(O)CCCCCCCCCCCC)CC(O)CCCCCCCCCCCC)CC(O)CCCCCCCCCCCC. The van der Waals surface area contributed by atoms with E-state index in [0.29, 0.717) is 50.8 Å². The van der Waals surface area contributed by atoms with E-state index in [1.54, 1.807) is 12.2 Å². The topological polar surface area (TPSA) is 122 Å². The Kier molecular flexibility index (Phi) is 59.8. The van der Waals surface area contributed by atoms with Crippen molar-refractivity contribution in [2.24, 2.45) is 0 Å². The maximum absolute atomic E-state index is 12.9. The summed E-state index contributed by atoms with van der Waals surface area (Å²) in [5.41, 5.74) is 0. The molecule has 4 atom stereocenters. The fourth-order valence-electron chi connectivity index (χ4n) is 10.5. The summed E-state index contributed by atoms with van der Waals surface area (Å²) in [6.45, 7) is 12.3. The first-order valence-electron chi connectivity index (χ1n) is 33.0. The molecule has 0 radical (unpaired) electrons. The Balaban J connectivity index is 5.02. The Morgan fingerprint density at radius 2 is 0.500 bits per heavy atom. The van der Waals surface area contributed by atoms with Gasteiger partial charge in [-0.3, -0.25) is 19.4 Å². The van der Waals surface area contributed by atoms with Crippen molar-refractivity contribution in [2.45, 2.75) is 335 Å². The highest BCUT2D eigenvalue weighted by Gasteiger charge is 2.18. The summed E-state index contributed by atoms with van der Waals surface area (Å²) >= 11 is 2.47. The van der Waals surface area contributed by atoms with Crippen LogP contribution in [0.3, 0.4) is 0 Å². The van der Waals surface area contributed by atoms with E-state index >= 15 is 0 Å². The van der Waals surface area contributed by atoms with Crippen LogP contribution in [0.25, 0.3) is 0 Å². The van der Waals surface area contributed by atoms with E-state index < -0.39 is 24.4 Å². The molecule has 450 valence electrons. The van der Waals surface area contributed by atoms with Gasteiger partial charge in [-0.05, 0) is 37.8 Å². The van der Waals surface area contributed by atoms with Gasteiger partial charge in [0, 0.05) is 50.8 Å². The number of hydrogen-bond donors (Lipinski definition) is 4. The lowest BCUT2D eigenvalue weighted by Gasteiger charge is -2.27. The largest absolute Gasteiger partial charge is 0.392 e. The number of carbonyl (C=O) groups is 2. The molecule has 0 heterocycles. The minimum atomic E-state index is -0.445. The second-order valence-corrected chi connectivity index (χ2v) is 25.3. The van der Waals surface area contributed by atoms with Gasteiger partial charge in [0.2, 0.25) is 10.2 Å². The second-order valence-electron chi connectivity index (χ2n) is 23.1. The molecule has 4 unspecified atom stereocenters. The molecule has 0 aromatic carbocycles. The third kappa shape index (κ3) is 56.6. The molecule has 0 saturated carbocycles. The first-order valence-corrected chi connectivity index (χ1v) is 35.0. The third-order valence-corrected chi connectivity index (χ3v) is 16.9. The van der Waals surface area contributed by atoms with Crippen molar-refractivity contribution in [2.75, 3.05) is 50.8 Å². The molecule has 0 amide bonds. The van der Waals surface area contributed by atoms with E-state index in [2.05, 4.69) is 37.5 Å². The molecule has 0 aliphatic carbocycles. The average Bonchev–Trinajstić information content (AvgIpc) is 3.39. The Labute approximate surface area is 480 Å². The molecule has 4 N–H and O–H groups in total. The van der Waals surface area contributed by atoms with Crippen molar-refractivity contribution >= 4 is 33.8 Å². The number of rotatable bonds is 61. The molecule has 0 aliphatic heterocycles. The predicted octanol–water partition coefficient (Wildman–Crippen LogP) is 17.9. The van der Waals surface area contributed by atoms with Crippen LogP contribution in [-0.2, 0) is 9.59 Å². The average molecular weight is 1110 g/mol. The van der Waals surface area contributed by atoms with E-state index in [9.17, 15) is 30.0 Å². The molecule has 0 aromatic heterocycles. The number of nitrogens with zero attached hydrogens (tertiary/aromatic N) is 2. The van der Waals surface area contributed by atoms with Crippen LogP contribution in [-0.4, -0.2) is 116 Å². The van der Waals surface area contributed by atoms with Crippen LogP contribution < -0.4 is 0 Å². The standard InChI is InChI=1S/C66H128N2O6S2/c1-5-9-13-17-21-25-29-33-37-41-47-61(69)57-67(58-62(70)48-42-38-34-30-26-22-18-14-10-6-2)53-55-75-65(73)51-45-46-52-66(74)76-56-54-68(59-63(71)49-43-39-35-31-27-23-19-15-11-7-3)60-64(72)50-44-40-36-32-28-24-20-16-12-8-4/h45-46,51-52,61-64,69-72H,5-44,47-50,53-60H2,1-4H3/b51-45+,52-46+. The fourth-order valence-corrected chi connectivity index (χ4v) is 11.9. The van der Waals surface area contributed by atoms with Gasteiger partial charge in [0.05, 0.1) is 24.4 Å². The van der Waals surface area contributed by atoms with Gasteiger partial charge in [-0.1, -0.05) is 320 Å². The molecular formula is C66H128N2O6S2. The van der Waals surface area contributed by atoms with E-state index in [4.69, 9.17) is 0 Å². The van der Waals surface area contributed by atoms with Gasteiger partial charge in [-0.25, -0.2) is 0 Å². The zero-order valence-corrected chi connectivity index (χ0v) is 52.3. The van der Waals surface area contributed by atoms with Crippen molar-refractivity contribution in [3.05, 3.63) is 24.3 Å². The van der Waals surface area contributed by atoms with Crippen molar-refractivity contribution in [3.63, 3.8) is 0 Å². The molecule has 0 aliphatic rings. The number of thioether (sulfide) groups is 2. The van der Waals surface area contributed by atoms with Gasteiger partial charge in [0.1, 0.15) is 0 Å². The van der Waals surface area contributed by atoms with Crippen LogP contribution in [0.5, 0.6) is 0 Å². The van der Waals surface area contributed by atoms with Crippen molar-refractivity contribution in [1.29, 1.82) is 0 Å². The molecule has 0 aromatic rings. The Morgan fingerprint density at radius 3 is 0.697 bits per heavy atom. The number of allylic oxidation sites excluding steroid dienone is 2. The summed E-state index contributed by atoms with van der Waals surface area (Å²) in [6.07, 6.45) is 58.3. The minimum Gasteiger partial charge on any atom is -0.392 e. The minimum absolute atomic E-state index is 0.0788. The maximum Gasteiger partial charge on any atom is 0.212 e. The van der Waals surface area contributed by atoms with Gasteiger partial charge >= 0.3 is 0 Å². The molecule has 0 fully saturated rings. The smallest absolute Gasteiger partial charge is 0.212 e. The summed E-state index contributed by atoms with van der Waals surface area (Å²) in [5, 5.41) is 44.1. The maximum atomic E-state index is 12.9. The highest BCUT2D eigenvalue weighted by atomic mass is 32.2. The Hall–Kier alpha value is -0.720. The third-order valence-electron chi connectivity index (χ3n) is 15.3. The molecule has 8 nitrogen and oxygen atoms in total. The van der Waals surface area contributed by atoms with Crippen LogP contribution in [0.4, 0.5) is 0 Å². The monoisotopic (exact) mass is 1110 g/mol. The summed E-state index contributed by atoms with van der Waals surface area (Å²) in [4.78, 5) is 30.1. The second kappa shape index (κ2) is 60.4. The first kappa shape index (κ1) is 75.3. The van der Waals surface area contributed by atoms with Crippen LogP contribution in [0.2, 0.25) is 0 Å². The molecule has 10 heteroatoms. The number of hydrogen-bond acceptors (Lipinski definition) is 10. The van der Waals surface area contributed by atoms with Gasteiger partial charge in [-0.2, -0.15) is 0 Å². The highest BCUT2D eigenvalue weighted by Crippen LogP contribution is 2.19. The number of unbranched alkanes of at least 4 members (excludes halogenated alkanes) is 36. The Morgan fingerprint density at radius 1 is 0.316 bits per heavy atom. The van der Waals surface area contributed by atoms with Gasteiger partial charge in [0.25, 0.3) is 0 Å². The predicted molar refractivity (Wildman–Crippen MR) is 336 cm³/mol. The quantitative estimate of drug-likeness (QED) is 0.0266. The number of aliphatic hydroxyl groups is 4.